The third-order valence-corrected chi connectivity index (χ3v) is 3.13. The number of aryl methyl sites for hydroxylation is 3. The second-order valence-corrected chi connectivity index (χ2v) is 4.98. The van der Waals surface area contributed by atoms with Crippen LogP contribution in [0.1, 0.15) is 27.0 Å². The number of aromatic nitrogens is 1. The molecule has 0 fully saturated rings. The molecular weight excluding hydrogens is 260 g/mol. The Bertz CT molecular complexity index is 598. The van der Waals surface area contributed by atoms with Gasteiger partial charge >= 0.3 is 0 Å². The first-order valence-corrected chi connectivity index (χ1v) is 6.36. The zero-order chi connectivity index (χ0) is 14.0. The lowest BCUT2D eigenvalue weighted by atomic mass is 10.0. The highest BCUT2D eigenvalue weighted by Gasteiger charge is 2.10. The minimum Gasteiger partial charge on any atom is -0.321 e. The summed E-state index contributed by atoms with van der Waals surface area (Å²) in [6, 6.07) is 7.35. The van der Waals surface area contributed by atoms with Crippen LogP contribution in [0.15, 0.2) is 30.5 Å². The van der Waals surface area contributed by atoms with Gasteiger partial charge in [-0.25, -0.2) is 4.98 Å². The molecule has 0 spiro atoms. The van der Waals surface area contributed by atoms with E-state index in [9.17, 15) is 4.79 Å². The third kappa shape index (κ3) is 3.12. The highest BCUT2D eigenvalue weighted by atomic mass is 35.5. The fraction of sp³-hybridized carbons (Fsp3) is 0.200. The van der Waals surface area contributed by atoms with Crippen LogP contribution in [-0.4, -0.2) is 10.9 Å². The maximum atomic E-state index is 12.1. The van der Waals surface area contributed by atoms with E-state index in [1.165, 1.54) is 11.8 Å². The molecule has 2 aromatic rings. The summed E-state index contributed by atoms with van der Waals surface area (Å²) in [6.45, 7) is 6.00. The number of nitrogens with zero attached hydrogens (tertiary/aromatic N) is 1. The lowest BCUT2D eigenvalue weighted by molar-refractivity contribution is 0.102. The number of pyridine rings is 1. The molecule has 0 radical (unpaired) electrons. The van der Waals surface area contributed by atoms with Gasteiger partial charge in [0.05, 0.1) is 5.56 Å². The summed E-state index contributed by atoms with van der Waals surface area (Å²) in [7, 11) is 0. The van der Waals surface area contributed by atoms with Crippen LogP contribution in [-0.2, 0) is 0 Å². The predicted molar refractivity (Wildman–Crippen MR) is 77.9 cm³/mol. The van der Waals surface area contributed by atoms with Gasteiger partial charge in [-0.05, 0) is 44.0 Å². The average molecular weight is 275 g/mol. The Kier molecular flexibility index (Phi) is 3.86. The Morgan fingerprint density at radius 3 is 2.32 bits per heavy atom. The molecule has 0 aliphatic heterocycles. The molecule has 1 heterocycles. The Balaban J connectivity index is 2.26. The van der Waals surface area contributed by atoms with E-state index in [0.717, 1.165) is 16.8 Å². The summed E-state index contributed by atoms with van der Waals surface area (Å²) >= 11 is 5.70. The highest BCUT2D eigenvalue weighted by molar-refractivity contribution is 6.29. The molecule has 2 rings (SSSR count). The average Bonchev–Trinajstić information content (AvgIpc) is 2.34. The van der Waals surface area contributed by atoms with Crippen molar-refractivity contribution in [2.75, 3.05) is 5.32 Å². The maximum Gasteiger partial charge on any atom is 0.257 e. The van der Waals surface area contributed by atoms with Crippen molar-refractivity contribution in [1.82, 2.24) is 4.98 Å². The topological polar surface area (TPSA) is 42.0 Å². The minimum atomic E-state index is -0.181. The van der Waals surface area contributed by atoms with Crippen molar-refractivity contribution >= 4 is 23.2 Å². The largest absolute Gasteiger partial charge is 0.321 e. The van der Waals surface area contributed by atoms with Crippen LogP contribution in [0.4, 0.5) is 5.69 Å². The highest BCUT2D eigenvalue weighted by Crippen LogP contribution is 2.22. The second-order valence-electron chi connectivity index (χ2n) is 4.60. The van der Waals surface area contributed by atoms with Gasteiger partial charge in [0.1, 0.15) is 5.15 Å². The van der Waals surface area contributed by atoms with Gasteiger partial charge in [0.25, 0.3) is 5.91 Å². The molecule has 1 amide bonds. The Hall–Kier alpha value is -1.87. The smallest absolute Gasteiger partial charge is 0.257 e. The van der Waals surface area contributed by atoms with Gasteiger partial charge < -0.3 is 5.32 Å². The number of benzene rings is 1. The lowest BCUT2D eigenvalue weighted by Crippen LogP contribution is -2.14. The molecule has 0 atom stereocenters. The van der Waals surface area contributed by atoms with E-state index >= 15 is 0 Å². The first kappa shape index (κ1) is 13.6. The molecule has 1 N–H and O–H groups in total. The monoisotopic (exact) mass is 274 g/mol. The molecule has 98 valence electrons. The number of anilines is 1. The molecule has 4 heteroatoms. The number of nitrogens with one attached hydrogen (secondary N) is 1. The number of halogens is 1. The number of rotatable bonds is 2. The molecule has 1 aromatic heterocycles. The minimum absolute atomic E-state index is 0.181. The number of carbonyl (C=O) groups excluding carboxylic acids is 1. The van der Waals surface area contributed by atoms with E-state index in [-0.39, 0.29) is 5.91 Å². The van der Waals surface area contributed by atoms with Crippen molar-refractivity contribution in [2.45, 2.75) is 20.8 Å². The Labute approximate surface area is 117 Å². The van der Waals surface area contributed by atoms with Gasteiger partial charge in [-0.2, -0.15) is 0 Å². The Morgan fingerprint density at radius 2 is 1.79 bits per heavy atom. The van der Waals surface area contributed by atoms with Gasteiger partial charge in [-0.3, -0.25) is 4.79 Å². The summed E-state index contributed by atoms with van der Waals surface area (Å²) in [6.07, 6.45) is 1.47. The summed E-state index contributed by atoms with van der Waals surface area (Å²) in [5, 5.41) is 3.29. The molecule has 1 aromatic carbocycles. The van der Waals surface area contributed by atoms with Gasteiger partial charge in [-0.1, -0.05) is 29.3 Å². The van der Waals surface area contributed by atoms with E-state index in [1.807, 2.05) is 32.9 Å². The number of hydrogen-bond acceptors (Lipinski definition) is 2. The van der Waals surface area contributed by atoms with Crippen LogP contribution in [0, 0.1) is 20.8 Å². The van der Waals surface area contributed by atoms with Crippen molar-refractivity contribution in [3.05, 3.63) is 57.9 Å². The number of carbonyl (C=O) groups is 1. The quantitative estimate of drug-likeness (QED) is 0.844. The molecule has 0 saturated heterocycles. The van der Waals surface area contributed by atoms with Crippen LogP contribution in [0.3, 0.4) is 0 Å². The fourth-order valence-corrected chi connectivity index (χ4v) is 2.18. The first-order valence-electron chi connectivity index (χ1n) is 5.98. The van der Waals surface area contributed by atoms with Gasteiger partial charge in [0.2, 0.25) is 0 Å². The summed E-state index contributed by atoms with van der Waals surface area (Å²) < 4.78 is 0. The van der Waals surface area contributed by atoms with Crippen molar-refractivity contribution in [1.29, 1.82) is 0 Å². The zero-order valence-electron chi connectivity index (χ0n) is 11.1. The molecular formula is C15H15ClN2O. The first-order chi connectivity index (χ1) is 8.97. The molecule has 0 unspecified atom stereocenters. The van der Waals surface area contributed by atoms with Gasteiger partial charge in [-0.15, -0.1) is 0 Å². The van der Waals surface area contributed by atoms with Crippen molar-refractivity contribution in [2.24, 2.45) is 0 Å². The van der Waals surface area contributed by atoms with E-state index in [0.29, 0.717) is 10.7 Å². The van der Waals surface area contributed by atoms with E-state index in [1.54, 1.807) is 12.1 Å². The van der Waals surface area contributed by atoms with Crippen LogP contribution < -0.4 is 5.32 Å². The van der Waals surface area contributed by atoms with Crippen LogP contribution in [0.2, 0.25) is 5.15 Å². The van der Waals surface area contributed by atoms with Crippen molar-refractivity contribution < 1.29 is 4.79 Å². The molecule has 19 heavy (non-hydrogen) atoms. The Morgan fingerprint density at radius 1 is 1.16 bits per heavy atom. The fourth-order valence-electron chi connectivity index (χ4n) is 2.07. The number of hydrogen-bond donors (Lipinski definition) is 1. The molecule has 0 aliphatic carbocycles. The lowest BCUT2D eigenvalue weighted by Gasteiger charge is -2.12. The maximum absolute atomic E-state index is 12.1. The van der Waals surface area contributed by atoms with Gasteiger partial charge in [0, 0.05) is 11.9 Å². The second kappa shape index (κ2) is 5.41. The van der Waals surface area contributed by atoms with Crippen LogP contribution >= 0.6 is 11.6 Å². The summed E-state index contributed by atoms with van der Waals surface area (Å²) in [5.41, 5.74) is 4.62. The van der Waals surface area contributed by atoms with Gasteiger partial charge in [0.15, 0.2) is 0 Å². The molecule has 0 aliphatic rings. The third-order valence-electron chi connectivity index (χ3n) is 2.91. The summed E-state index contributed by atoms with van der Waals surface area (Å²) in [5.74, 6) is -0.181. The molecule has 3 nitrogen and oxygen atoms in total. The SMILES string of the molecule is Cc1cc(C)c(NC(=O)c2ccc(Cl)nc2)c(C)c1. The van der Waals surface area contributed by atoms with E-state index in [2.05, 4.69) is 10.3 Å². The number of amides is 1. The summed E-state index contributed by atoms with van der Waals surface area (Å²) in [4.78, 5) is 16.0. The standard InChI is InChI=1S/C15H15ClN2O/c1-9-6-10(2)14(11(3)7-9)18-15(19)12-4-5-13(16)17-8-12/h4-8H,1-3H3,(H,18,19). The van der Waals surface area contributed by atoms with Crippen molar-refractivity contribution in [3.63, 3.8) is 0 Å². The normalized spacial score (nSPS) is 10.3. The van der Waals surface area contributed by atoms with E-state index < -0.39 is 0 Å². The van der Waals surface area contributed by atoms with Crippen LogP contribution in [0.5, 0.6) is 0 Å². The van der Waals surface area contributed by atoms with Crippen LogP contribution in [0.25, 0.3) is 0 Å². The predicted octanol–water partition coefficient (Wildman–Crippen LogP) is 3.91. The van der Waals surface area contributed by atoms with E-state index in [4.69, 9.17) is 11.6 Å². The van der Waals surface area contributed by atoms with Crippen molar-refractivity contribution in [3.8, 4) is 0 Å². The molecule has 0 saturated carbocycles. The zero-order valence-corrected chi connectivity index (χ0v) is 11.9. The molecule has 0 bridgehead atoms.